The highest BCUT2D eigenvalue weighted by atomic mass is 16.1. The molecule has 6 nitrogen and oxygen atoms in total. The van der Waals surface area contributed by atoms with Gasteiger partial charge in [-0.1, -0.05) is 6.07 Å². The predicted octanol–water partition coefficient (Wildman–Crippen LogP) is 3.18. The maximum absolute atomic E-state index is 12.1. The summed E-state index contributed by atoms with van der Waals surface area (Å²) in [7, 11) is 0. The Kier molecular flexibility index (Phi) is 4.24. The third-order valence-corrected chi connectivity index (χ3v) is 3.12. The lowest BCUT2D eigenvalue weighted by Gasteiger charge is -2.09. The van der Waals surface area contributed by atoms with Crippen LogP contribution in [0.5, 0.6) is 0 Å². The quantitative estimate of drug-likeness (QED) is 0.774. The average Bonchev–Trinajstić information content (AvgIpc) is 2.56. The molecule has 1 aromatic carbocycles. The van der Waals surface area contributed by atoms with Crippen LogP contribution in [-0.4, -0.2) is 20.9 Å². The minimum Gasteiger partial charge on any atom is -0.340 e. The maximum Gasteiger partial charge on any atom is 0.257 e. The number of aromatic nitrogens is 3. The third kappa shape index (κ3) is 3.88. The molecule has 3 aromatic rings. The molecule has 0 bridgehead atoms. The molecule has 0 aliphatic heterocycles. The summed E-state index contributed by atoms with van der Waals surface area (Å²) in [5, 5.41) is 6.03. The van der Waals surface area contributed by atoms with Crippen molar-refractivity contribution in [3.8, 4) is 0 Å². The molecule has 0 aliphatic rings. The van der Waals surface area contributed by atoms with E-state index in [2.05, 4.69) is 25.6 Å². The van der Waals surface area contributed by atoms with Crippen molar-refractivity contribution in [2.24, 2.45) is 0 Å². The van der Waals surface area contributed by atoms with Crippen molar-refractivity contribution >= 4 is 23.1 Å². The molecule has 2 aromatic heterocycles. The number of rotatable bonds is 4. The van der Waals surface area contributed by atoms with Gasteiger partial charge in [-0.25, -0.2) is 9.97 Å². The van der Waals surface area contributed by atoms with Gasteiger partial charge in [0.25, 0.3) is 5.91 Å². The highest BCUT2D eigenvalue weighted by Crippen LogP contribution is 2.19. The number of anilines is 3. The molecule has 0 saturated heterocycles. The van der Waals surface area contributed by atoms with E-state index in [9.17, 15) is 4.79 Å². The van der Waals surface area contributed by atoms with Gasteiger partial charge >= 0.3 is 0 Å². The number of hydrogen-bond donors (Lipinski definition) is 2. The molecular formula is C17H15N5O. The molecule has 2 heterocycles. The van der Waals surface area contributed by atoms with E-state index in [-0.39, 0.29) is 5.91 Å². The fourth-order valence-electron chi connectivity index (χ4n) is 2.05. The van der Waals surface area contributed by atoms with Crippen molar-refractivity contribution in [2.75, 3.05) is 10.6 Å². The number of amides is 1. The topological polar surface area (TPSA) is 79.8 Å². The molecule has 0 saturated carbocycles. The van der Waals surface area contributed by atoms with Gasteiger partial charge in [0.2, 0.25) is 0 Å². The summed E-state index contributed by atoms with van der Waals surface area (Å²) in [4.78, 5) is 24.3. The zero-order valence-corrected chi connectivity index (χ0v) is 12.5. The van der Waals surface area contributed by atoms with Gasteiger partial charge in [-0.15, -0.1) is 0 Å². The number of carbonyl (C=O) groups excluding carboxylic acids is 1. The highest BCUT2D eigenvalue weighted by Gasteiger charge is 2.06. The predicted molar refractivity (Wildman–Crippen MR) is 88.7 cm³/mol. The Morgan fingerprint density at radius 2 is 1.91 bits per heavy atom. The summed E-state index contributed by atoms with van der Waals surface area (Å²) in [5.74, 6) is 0.501. The number of pyridine rings is 1. The largest absolute Gasteiger partial charge is 0.340 e. The van der Waals surface area contributed by atoms with Crippen LogP contribution in [0.15, 0.2) is 61.2 Å². The van der Waals surface area contributed by atoms with Crippen LogP contribution >= 0.6 is 0 Å². The molecule has 0 atom stereocenters. The molecule has 6 heteroatoms. The van der Waals surface area contributed by atoms with Crippen molar-refractivity contribution < 1.29 is 4.79 Å². The first-order chi connectivity index (χ1) is 11.2. The van der Waals surface area contributed by atoms with Crippen molar-refractivity contribution in [1.82, 2.24) is 15.0 Å². The molecule has 0 aliphatic carbocycles. The van der Waals surface area contributed by atoms with Crippen molar-refractivity contribution in [2.45, 2.75) is 6.92 Å². The van der Waals surface area contributed by atoms with Gasteiger partial charge in [-0.05, 0) is 37.3 Å². The molecule has 1 amide bonds. The molecule has 0 radical (unpaired) electrons. The van der Waals surface area contributed by atoms with Crippen LogP contribution in [-0.2, 0) is 0 Å². The van der Waals surface area contributed by atoms with Gasteiger partial charge in [0.05, 0.1) is 5.56 Å². The first kappa shape index (κ1) is 14.6. The van der Waals surface area contributed by atoms with Gasteiger partial charge < -0.3 is 10.6 Å². The summed E-state index contributed by atoms with van der Waals surface area (Å²) in [6.07, 6.45) is 4.66. The van der Waals surface area contributed by atoms with E-state index >= 15 is 0 Å². The molecule has 3 rings (SSSR count). The van der Waals surface area contributed by atoms with Gasteiger partial charge in [0.15, 0.2) is 0 Å². The number of benzene rings is 1. The van der Waals surface area contributed by atoms with Gasteiger partial charge in [-0.2, -0.15) is 0 Å². The Morgan fingerprint density at radius 3 is 2.70 bits per heavy atom. The van der Waals surface area contributed by atoms with Crippen molar-refractivity contribution in [3.05, 3.63) is 72.4 Å². The zero-order valence-electron chi connectivity index (χ0n) is 12.5. The third-order valence-electron chi connectivity index (χ3n) is 3.12. The fourth-order valence-corrected chi connectivity index (χ4v) is 2.05. The van der Waals surface area contributed by atoms with Crippen LogP contribution in [0.1, 0.15) is 16.1 Å². The zero-order chi connectivity index (χ0) is 16.1. The van der Waals surface area contributed by atoms with Crippen LogP contribution in [0.2, 0.25) is 0 Å². The number of nitrogens with zero attached hydrogens (tertiary/aromatic N) is 3. The monoisotopic (exact) mass is 305 g/mol. The molecular weight excluding hydrogens is 290 g/mol. The summed E-state index contributed by atoms with van der Waals surface area (Å²) in [6, 6.07) is 12.7. The highest BCUT2D eigenvalue weighted by molar-refractivity contribution is 6.04. The Hall–Kier alpha value is -3.28. The number of carbonyl (C=O) groups is 1. The fraction of sp³-hybridized carbons (Fsp3) is 0.0588. The second kappa shape index (κ2) is 6.65. The van der Waals surface area contributed by atoms with Crippen LogP contribution in [0.3, 0.4) is 0 Å². The normalized spacial score (nSPS) is 10.1. The minimum atomic E-state index is -0.201. The smallest absolute Gasteiger partial charge is 0.257 e. The SMILES string of the molecule is Cc1cc(Nc2cccc(NC(=O)c3cccnc3)c2)ncn1. The van der Waals surface area contributed by atoms with Crippen LogP contribution in [0.4, 0.5) is 17.2 Å². The molecule has 0 spiro atoms. The molecule has 0 fully saturated rings. The van der Waals surface area contributed by atoms with E-state index in [1.807, 2.05) is 37.3 Å². The lowest BCUT2D eigenvalue weighted by atomic mass is 10.2. The van der Waals surface area contributed by atoms with E-state index in [1.165, 1.54) is 12.5 Å². The van der Waals surface area contributed by atoms with E-state index in [4.69, 9.17) is 0 Å². The van der Waals surface area contributed by atoms with Crippen LogP contribution in [0.25, 0.3) is 0 Å². The lowest BCUT2D eigenvalue weighted by molar-refractivity contribution is 0.102. The summed E-state index contributed by atoms with van der Waals surface area (Å²) >= 11 is 0. The molecule has 23 heavy (non-hydrogen) atoms. The van der Waals surface area contributed by atoms with Gasteiger partial charge in [0, 0.05) is 35.5 Å². The minimum absolute atomic E-state index is 0.201. The Balaban J connectivity index is 1.74. The van der Waals surface area contributed by atoms with E-state index < -0.39 is 0 Å². The maximum atomic E-state index is 12.1. The Bertz CT molecular complexity index is 820. The van der Waals surface area contributed by atoms with Gasteiger partial charge in [-0.3, -0.25) is 9.78 Å². The standard InChI is InChI=1S/C17H15N5O/c1-12-8-16(20-11-19-12)21-14-5-2-6-15(9-14)22-17(23)13-4-3-7-18-10-13/h2-11H,1H3,(H,22,23)(H,19,20,21). The number of hydrogen-bond acceptors (Lipinski definition) is 5. The van der Waals surface area contributed by atoms with Crippen LogP contribution in [0, 0.1) is 6.92 Å². The summed E-state index contributed by atoms with van der Waals surface area (Å²) < 4.78 is 0. The van der Waals surface area contributed by atoms with Crippen LogP contribution < -0.4 is 10.6 Å². The Morgan fingerprint density at radius 1 is 1.04 bits per heavy atom. The van der Waals surface area contributed by atoms with E-state index in [0.717, 1.165) is 11.4 Å². The number of aryl methyl sites for hydroxylation is 1. The first-order valence-corrected chi connectivity index (χ1v) is 7.08. The lowest BCUT2D eigenvalue weighted by Crippen LogP contribution is -2.12. The molecule has 2 N–H and O–H groups in total. The Labute approximate surface area is 133 Å². The van der Waals surface area contributed by atoms with E-state index in [0.29, 0.717) is 17.1 Å². The first-order valence-electron chi connectivity index (χ1n) is 7.08. The molecule has 114 valence electrons. The van der Waals surface area contributed by atoms with Crippen molar-refractivity contribution in [1.29, 1.82) is 0 Å². The summed E-state index contributed by atoms with van der Waals surface area (Å²) in [5.41, 5.74) is 2.91. The summed E-state index contributed by atoms with van der Waals surface area (Å²) in [6.45, 7) is 1.90. The molecule has 0 unspecified atom stereocenters. The number of nitrogens with one attached hydrogen (secondary N) is 2. The average molecular weight is 305 g/mol. The van der Waals surface area contributed by atoms with Crippen molar-refractivity contribution in [3.63, 3.8) is 0 Å². The van der Waals surface area contributed by atoms with Gasteiger partial charge in [0.1, 0.15) is 12.1 Å². The van der Waals surface area contributed by atoms with E-state index in [1.54, 1.807) is 18.3 Å². The second-order valence-corrected chi connectivity index (χ2v) is 4.95. The second-order valence-electron chi connectivity index (χ2n) is 4.95.